The van der Waals surface area contributed by atoms with Crippen molar-refractivity contribution in [3.05, 3.63) is 64.7 Å². The normalized spacial score (nSPS) is 16.3. The maximum Gasteiger partial charge on any atom is 0.272 e. The predicted molar refractivity (Wildman–Crippen MR) is 149 cm³/mol. The van der Waals surface area contributed by atoms with E-state index in [-0.39, 0.29) is 12.5 Å². The number of carbonyl (C=O) groups is 1. The molecule has 1 aliphatic heterocycles. The fraction of sp³-hybridized carbons (Fsp3) is 0.423. The Kier molecular flexibility index (Phi) is 10.2. The summed E-state index contributed by atoms with van der Waals surface area (Å²) in [5, 5.41) is 17.6. The van der Waals surface area contributed by atoms with E-state index in [2.05, 4.69) is 24.5 Å². The van der Waals surface area contributed by atoms with Crippen LogP contribution in [0.1, 0.15) is 31.9 Å². The Bertz CT molecular complexity index is 1080. The summed E-state index contributed by atoms with van der Waals surface area (Å²) in [6, 6.07) is 15.3. The van der Waals surface area contributed by atoms with E-state index in [4.69, 9.17) is 33.5 Å². The zero-order valence-electron chi connectivity index (χ0n) is 21.1. The van der Waals surface area contributed by atoms with E-state index in [0.717, 1.165) is 11.1 Å². The van der Waals surface area contributed by atoms with E-state index >= 15 is 0 Å². The standard InChI is InChI=1S/C26H34ClN5O3S/c1-5-35-22(33)16-32(14-13-28-17(2)3)26(36)30-24-25(34)31(4)21-12-11-19(27)15-20(21)23(29-24)18-9-7-6-8-10-18/h6-12,15,17,22,24,28,33H,5,13-14,16H2,1-4H3,(H,30,36). The van der Waals surface area contributed by atoms with Crippen LogP contribution in [0.3, 0.4) is 0 Å². The third kappa shape index (κ3) is 7.24. The van der Waals surface area contributed by atoms with Gasteiger partial charge in [-0.05, 0) is 37.3 Å². The molecule has 0 aromatic heterocycles. The highest BCUT2D eigenvalue weighted by atomic mass is 35.5. The minimum Gasteiger partial charge on any atom is -0.366 e. The number of anilines is 1. The molecule has 0 saturated heterocycles. The van der Waals surface area contributed by atoms with Gasteiger partial charge in [0.1, 0.15) is 0 Å². The molecule has 194 valence electrons. The Morgan fingerprint density at radius 1 is 1.28 bits per heavy atom. The van der Waals surface area contributed by atoms with Crippen molar-refractivity contribution in [2.45, 2.75) is 39.3 Å². The van der Waals surface area contributed by atoms with E-state index < -0.39 is 12.5 Å². The molecule has 0 spiro atoms. The molecule has 1 heterocycles. The summed E-state index contributed by atoms with van der Waals surface area (Å²) in [7, 11) is 1.71. The highest BCUT2D eigenvalue weighted by molar-refractivity contribution is 7.80. The van der Waals surface area contributed by atoms with Crippen molar-refractivity contribution in [2.24, 2.45) is 4.99 Å². The van der Waals surface area contributed by atoms with Gasteiger partial charge < -0.3 is 30.3 Å². The minimum absolute atomic E-state index is 0.154. The van der Waals surface area contributed by atoms with Crippen LogP contribution >= 0.6 is 23.8 Å². The van der Waals surface area contributed by atoms with Crippen molar-refractivity contribution >= 4 is 46.2 Å². The maximum absolute atomic E-state index is 13.5. The van der Waals surface area contributed by atoms with Gasteiger partial charge in [0.2, 0.25) is 6.17 Å². The van der Waals surface area contributed by atoms with Crippen LogP contribution in [0.4, 0.5) is 5.69 Å². The number of rotatable bonds is 10. The average molecular weight is 532 g/mol. The molecule has 2 aromatic rings. The van der Waals surface area contributed by atoms with E-state index in [1.165, 1.54) is 0 Å². The summed E-state index contributed by atoms with van der Waals surface area (Å²) in [5.74, 6) is -0.266. The third-order valence-corrected chi connectivity index (χ3v) is 6.27. The molecule has 2 unspecified atom stereocenters. The van der Waals surface area contributed by atoms with Gasteiger partial charge in [-0.3, -0.25) is 4.79 Å². The van der Waals surface area contributed by atoms with E-state index in [1.807, 2.05) is 49.4 Å². The molecular weight excluding hydrogens is 498 g/mol. The minimum atomic E-state index is -1.02. The summed E-state index contributed by atoms with van der Waals surface area (Å²) in [4.78, 5) is 21.7. The number of benzene rings is 2. The second kappa shape index (κ2) is 13.1. The number of likely N-dealkylation sites (N-methyl/N-ethyl adjacent to an activating group) is 1. The lowest BCUT2D eigenvalue weighted by Crippen LogP contribution is -2.53. The van der Waals surface area contributed by atoms with Gasteiger partial charge in [-0.2, -0.15) is 0 Å². The second-order valence-electron chi connectivity index (χ2n) is 8.72. The van der Waals surface area contributed by atoms with Crippen molar-refractivity contribution in [2.75, 3.05) is 38.2 Å². The van der Waals surface area contributed by atoms with Crippen LogP contribution in [0.2, 0.25) is 5.02 Å². The molecule has 0 saturated carbocycles. The Morgan fingerprint density at radius 3 is 2.67 bits per heavy atom. The van der Waals surface area contributed by atoms with E-state index in [9.17, 15) is 9.90 Å². The molecule has 0 bridgehead atoms. The molecule has 2 aromatic carbocycles. The zero-order chi connectivity index (χ0) is 26.2. The first kappa shape index (κ1) is 28.0. The van der Waals surface area contributed by atoms with Crippen molar-refractivity contribution in [3.8, 4) is 0 Å². The molecule has 0 fully saturated rings. The lowest BCUT2D eigenvalue weighted by atomic mass is 10.0. The first-order chi connectivity index (χ1) is 17.2. The SMILES string of the molecule is CCOC(O)CN(CCNC(C)C)C(=S)NC1N=C(c2ccccc2)c2cc(Cl)ccc2N(C)C1=O. The van der Waals surface area contributed by atoms with Crippen LogP contribution < -0.4 is 15.5 Å². The molecule has 3 rings (SSSR count). The number of halogens is 1. The molecule has 2 atom stereocenters. The fourth-order valence-electron chi connectivity index (χ4n) is 3.87. The predicted octanol–water partition coefficient (Wildman–Crippen LogP) is 3.01. The first-order valence-electron chi connectivity index (χ1n) is 12.0. The maximum atomic E-state index is 13.5. The summed E-state index contributed by atoms with van der Waals surface area (Å²) < 4.78 is 5.32. The van der Waals surface area contributed by atoms with Crippen molar-refractivity contribution in [1.29, 1.82) is 0 Å². The highest BCUT2D eigenvalue weighted by Gasteiger charge is 2.31. The topological polar surface area (TPSA) is 89.4 Å². The molecule has 0 radical (unpaired) electrons. The second-order valence-corrected chi connectivity index (χ2v) is 9.54. The van der Waals surface area contributed by atoms with Gasteiger partial charge in [-0.15, -0.1) is 0 Å². The molecule has 8 nitrogen and oxygen atoms in total. The molecular formula is C26H34ClN5O3S. The van der Waals surface area contributed by atoms with Gasteiger partial charge in [0, 0.05) is 48.9 Å². The summed E-state index contributed by atoms with van der Waals surface area (Å²) in [6.45, 7) is 7.60. The van der Waals surface area contributed by atoms with E-state index in [0.29, 0.717) is 47.3 Å². The number of nitrogens with one attached hydrogen (secondary N) is 2. The van der Waals surface area contributed by atoms with Crippen LogP contribution in [0.5, 0.6) is 0 Å². The Balaban J connectivity index is 1.94. The van der Waals surface area contributed by atoms with Crippen molar-refractivity contribution in [3.63, 3.8) is 0 Å². The van der Waals surface area contributed by atoms with E-state index in [1.54, 1.807) is 22.9 Å². The number of nitrogens with zero attached hydrogens (tertiary/aromatic N) is 3. The van der Waals surface area contributed by atoms with Crippen molar-refractivity contribution in [1.82, 2.24) is 15.5 Å². The number of hydrogen-bond donors (Lipinski definition) is 3. The number of aliphatic hydroxyl groups excluding tert-OH is 1. The number of carbonyl (C=O) groups excluding carboxylic acids is 1. The summed E-state index contributed by atoms with van der Waals surface area (Å²) in [6.07, 6.45) is -2.00. The highest BCUT2D eigenvalue weighted by Crippen LogP contribution is 2.29. The molecule has 3 N–H and O–H groups in total. The number of thiocarbonyl (C=S) groups is 1. The van der Waals surface area contributed by atoms with Gasteiger partial charge >= 0.3 is 0 Å². The number of fused-ring (bicyclic) bond motifs is 1. The molecule has 36 heavy (non-hydrogen) atoms. The quantitative estimate of drug-likeness (QED) is 0.321. The Morgan fingerprint density at radius 2 is 2.00 bits per heavy atom. The fourth-order valence-corrected chi connectivity index (χ4v) is 4.32. The van der Waals surface area contributed by atoms with Gasteiger partial charge in [0.25, 0.3) is 5.91 Å². The summed E-state index contributed by atoms with van der Waals surface area (Å²) >= 11 is 12.0. The van der Waals surface area contributed by atoms with Crippen LogP contribution in [-0.4, -0.2) is 78.5 Å². The first-order valence-corrected chi connectivity index (χ1v) is 12.8. The van der Waals surface area contributed by atoms with Gasteiger partial charge in [0.05, 0.1) is 17.9 Å². The molecule has 0 aliphatic carbocycles. The Labute approximate surface area is 223 Å². The van der Waals surface area contributed by atoms with Gasteiger partial charge in [-0.1, -0.05) is 55.8 Å². The zero-order valence-corrected chi connectivity index (χ0v) is 22.6. The lowest BCUT2D eigenvalue weighted by Gasteiger charge is -2.30. The largest absolute Gasteiger partial charge is 0.366 e. The number of amides is 1. The van der Waals surface area contributed by atoms with Gasteiger partial charge in [-0.25, -0.2) is 4.99 Å². The summed E-state index contributed by atoms with van der Waals surface area (Å²) in [5.41, 5.74) is 2.94. The Hall–Kier alpha value is -2.56. The smallest absolute Gasteiger partial charge is 0.272 e. The van der Waals surface area contributed by atoms with Crippen LogP contribution in [0, 0.1) is 0 Å². The molecule has 1 aliphatic rings. The van der Waals surface area contributed by atoms with Crippen LogP contribution in [0.15, 0.2) is 53.5 Å². The average Bonchev–Trinajstić information content (AvgIpc) is 2.94. The number of aliphatic imine (C=N–C) groups is 1. The number of aliphatic hydroxyl groups is 1. The number of ether oxygens (including phenoxy) is 1. The van der Waals surface area contributed by atoms with Crippen LogP contribution in [0.25, 0.3) is 0 Å². The monoisotopic (exact) mass is 531 g/mol. The number of benzodiazepines with no additional fused rings is 1. The van der Waals surface area contributed by atoms with Gasteiger partial charge in [0.15, 0.2) is 11.4 Å². The molecule has 1 amide bonds. The lowest BCUT2D eigenvalue weighted by molar-refractivity contribution is -0.119. The van der Waals surface area contributed by atoms with Crippen LogP contribution in [-0.2, 0) is 9.53 Å². The van der Waals surface area contributed by atoms with Crippen molar-refractivity contribution < 1.29 is 14.6 Å². The number of hydrogen-bond acceptors (Lipinski definition) is 6. The molecule has 10 heteroatoms. The third-order valence-electron chi connectivity index (χ3n) is 5.66.